The van der Waals surface area contributed by atoms with Crippen molar-refractivity contribution in [3.05, 3.63) is 12.2 Å². The Bertz CT molecular complexity index is 392. The molecule has 1 saturated carbocycles. The van der Waals surface area contributed by atoms with E-state index in [0.29, 0.717) is 6.61 Å². The van der Waals surface area contributed by atoms with Crippen molar-refractivity contribution in [3.63, 3.8) is 0 Å². The highest BCUT2D eigenvalue weighted by Gasteiger charge is 2.48. The highest BCUT2D eigenvalue weighted by atomic mass is 28.4. The van der Waals surface area contributed by atoms with Gasteiger partial charge in [-0.25, -0.2) is 0 Å². The maximum Gasteiger partial charge on any atom is 0.192 e. The average Bonchev–Trinajstić information content (AvgIpc) is 2.74. The number of allylic oxidation sites excluding steroid dienone is 1. The molecule has 2 rings (SSSR count). The highest BCUT2D eigenvalue weighted by Crippen LogP contribution is 2.42. The number of hydrogen-bond donors (Lipinski definition) is 0. The van der Waals surface area contributed by atoms with Gasteiger partial charge in [0.15, 0.2) is 14.1 Å². The molecule has 0 bridgehead atoms. The van der Waals surface area contributed by atoms with Crippen LogP contribution in [0.1, 0.15) is 59.8 Å². The first-order valence-corrected chi connectivity index (χ1v) is 11.7. The van der Waals surface area contributed by atoms with Gasteiger partial charge in [0.1, 0.15) is 12.2 Å². The Kier molecular flexibility index (Phi) is 5.58. The zero-order valence-electron chi connectivity index (χ0n) is 15.3. The van der Waals surface area contributed by atoms with Gasteiger partial charge in [0.25, 0.3) is 0 Å². The van der Waals surface area contributed by atoms with Crippen LogP contribution in [-0.4, -0.2) is 32.9 Å². The van der Waals surface area contributed by atoms with Crippen LogP contribution in [0.3, 0.4) is 0 Å². The third-order valence-corrected chi connectivity index (χ3v) is 10.00. The second kappa shape index (κ2) is 6.76. The zero-order valence-corrected chi connectivity index (χ0v) is 16.3. The predicted octanol–water partition coefficient (Wildman–Crippen LogP) is 5.03. The van der Waals surface area contributed by atoms with Crippen LogP contribution in [0.4, 0.5) is 0 Å². The molecule has 0 unspecified atom stereocenters. The van der Waals surface area contributed by atoms with E-state index in [1.165, 1.54) is 19.3 Å². The first kappa shape index (κ1) is 18.2. The lowest BCUT2D eigenvalue weighted by molar-refractivity contribution is -0.193. The molecule has 0 N–H and O–H groups in total. The predicted molar refractivity (Wildman–Crippen MR) is 93.5 cm³/mol. The van der Waals surface area contributed by atoms with E-state index in [9.17, 15) is 0 Å². The Balaban J connectivity index is 2.02. The number of rotatable bonds is 4. The molecule has 0 radical (unpaired) electrons. The van der Waals surface area contributed by atoms with E-state index in [-0.39, 0.29) is 23.0 Å². The quantitative estimate of drug-likeness (QED) is 0.536. The van der Waals surface area contributed by atoms with Crippen LogP contribution in [0.25, 0.3) is 0 Å². The molecule has 0 aromatic carbocycles. The smallest absolute Gasteiger partial charge is 0.192 e. The fourth-order valence-corrected chi connectivity index (χ4v) is 4.02. The van der Waals surface area contributed by atoms with Gasteiger partial charge in [-0.1, -0.05) is 39.3 Å². The summed E-state index contributed by atoms with van der Waals surface area (Å²) in [4.78, 5) is 0. The van der Waals surface area contributed by atoms with Crippen molar-refractivity contribution in [1.82, 2.24) is 0 Å². The van der Waals surface area contributed by atoms with Gasteiger partial charge >= 0.3 is 0 Å². The topological polar surface area (TPSA) is 27.7 Å². The summed E-state index contributed by atoms with van der Waals surface area (Å²) in [5.74, 6) is -0.343. The van der Waals surface area contributed by atoms with E-state index in [0.717, 1.165) is 12.8 Å². The molecule has 0 aromatic heterocycles. The lowest BCUT2D eigenvalue weighted by Crippen LogP contribution is -2.44. The molecule has 22 heavy (non-hydrogen) atoms. The summed E-state index contributed by atoms with van der Waals surface area (Å²) in [5.41, 5.74) is 0. The molecule has 1 spiro atoms. The molecule has 3 nitrogen and oxygen atoms in total. The Morgan fingerprint density at radius 3 is 2.32 bits per heavy atom. The van der Waals surface area contributed by atoms with Gasteiger partial charge in [-0.05, 0) is 37.9 Å². The van der Waals surface area contributed by atoms with Crippen molar-refractivity contribution in [2.45, 2.75) is 95.9 Å². The molecular formula is C18H34O3Si. The molecule has 1 heterocycles. The molecule has 1 aliphatic heterocycles. The minimum atomic E-state index is -1.75. The normalized spacial score (nSPS) is 29.5. The first-order chi connectivity index (χ1) is 10.2. The van der Waals surface area contributed by atoms with Gasteiger partial charge in [-0.2, -0.15) is 0 Å². The van der Waals surface area contributed by atoms with Gasteiger partial charge in [0.05, 0.1) is 6.61 Å². The lowest BCUT2D eigenvalue weighted by atomic mass is 9.94. The first-order valence-electron chi connectivity index (χ1n) is 8.82. The van der Waals surface area contributed by atoms with E-state index >= 15 is 0 Å². The maximum atomic E-state index is 6.39. The van der Waals surface area contributed by atoms with E-state index in [1.807, 2.05) is 6.92 Å². The number of hydrogen-bond acceptors (Lipinski definition) is 3. The molecule has 0 amide bonds. The summed E-state index contributed by atoms with van der Waals surface area (Å²) in [6.07, 6.45) is 10.0. The monoisotopic (exact) mass is 326 g/mol. The second-order valence-electron chi connectivity index (χ2n) is 8.31. The summed E-state index contributed by atoms with van der Waals surface area (Å²) >= 11 is 0. The molecule has 4 heteroatoms. The van der Waals surface area contributed by atoms with E-state index in [1.54, 1.807) is 0 Å². The van der Waals surface area contributed by atoms with Crippen molar-refractivity contribution in [2.75, 3.05) is 6.61 Å². The minimum Gasteiger partial charge on any atom is -0.414 e. The van der Waals surface area contributed by atoms with Gasteiger partial charge < -0.3 is 13.9 Å². The van der Waals surface area contributed by atoms with Crippen LogP contribution in [-0.2, 0) is 13.9 Å². The molecule has 2 atom stereocenters. The third-order valence-electron chi connectivity index (χ3n) is 5.50. The standard InChI is InChI=1S/C18H34O3Si/c1-7-11-15-16(14-19-22(5,6)17(2,3)4)21-18(20-15)12-9-8-10-13-18/h7,11,15-16H,8-10,12-14H2,1-6H3/b11-7+/t15-,16+/m0/s1. The van der Waals surface area contributed by atoms with Crippen LogP contribution in [0.2, 0.25) is 18.1 Å². The van der Waals surface area contributed by atoms with Crippen LogP contribution < -0.4 is 0 Å². The van der Waals surface area contributed by atoms with E-state index in [4.69, 9.17) is 13.9 Å². The Morgan fingerprint density at radius 1 is 1.14 bits per heavy atom. The Labute approximate surface area is 137 Å². The van der Waals surface area contributed by atoms with Crippen molar-refractivity contribution in [2.24, 2.45) is 0 Å². The van der Waals surface area contributed by atoms with Crippen molar-refractivity contribution in [3.8, 4) is 0 Å². The summed E-state index contributed by atoms with van der Waals surface area (Å²) in [6, 6.07) is 0. The molecule has 2 fully saturated rings. The molecule has 1 aliphatic carbocycles. The molecule has 128 valence electrons. The van der Waals surface area contributed by atoms with Crippen molar-refractivity contribution in [1.29, 1.82) is 0 Å². The maximum absolute atomic E-state index is 6.39. The van der Waals surface area contributed by atoms with Gasteiger partial charge in [0, 0.05) is 12.8 Å². The van der Waals surface area contributed by atoms with Gasteiger partial charge in [0.2, 0.25) is 0 Å². The van der Waals surface area contributed by atoms with E-state index < -0.39 is 8.32 Å². The third kappa shape index (κ3) is 4.02. The van der Waals surface area contributed by atoms with Crippen molar-refractivity contribution < 1.29 is 13.9 Å². The molecule has 1 saturated heterocycles. The van der Waals surface area contributed by atoms with Crippen LogP contribution in [0.5, 0.6) is 0 Å². The average molecular weight is 327 g/mol. The lowest BCUT2D eigenvalue weighted by Gasteiger charge is -2.37. The Morgan fingerprint density at radius 2 is 1.77 bits per heavy atom. The fourth-order valence-electron chi connectivity index (χ4n) is 3.01. The summed E-state index contributed by atoms with van der Waals surface area (Å²) < 4.78 is 19.1. The summed E-state index contributed by atoms with van der Waals surface area (Å²) in [6.45, 7) is 14.1. The molecule has 0 aromatic rings. The van der Waals surface area contributed by atoms with Crippen LogP contribution in [0, 0.1) is 0 Å². The minimum absolute atomic E-state index is 0.0309. The largest absolute Gasteiger partial charge is 0.414 e. The molecular weight excluding hydrogens is 292 g/mol. The van der Waals surface area contributed by atoms with Crippen LogP contribution >= 0.6 is 0 Å². The van der Waals surface area contributed by atoms with Gasteiger partial charge in [-0.3, -0.25) is 0 Å². The number of ether oxygens (including phenoxy) is 2. The van der Waals surface area contributed by atoms with Gasteiger partial charge in [-0.15, -0.1) is 0 Å². The second-order valence-corrected chi connectivity index (χ2v) is 13.1. The summed E-state index contributed by atoms with van der Waals surface area (Å²) in [7, 11) is -1.75. The summed E-state index contributed by atoms with van der Waals surface area (Å²) in [5, 5.41) is 0.227. The van der Waals surface area contributed by atoms with Crippen LogP contribution in [0.15, 0.2) is 12.2 Å². The Hall–Kier alpha value is -0.163. The zero-order chi connectivity index (χ0) is 16.4. The van der Waals surface area contributed by atoms with Crippen molar-refractivity contribution >= 4 is 8.32 Å². The highest BCUT2D eigenvalue weighted by molar-refractivity contribution is 6.74. The molecule has 2 aliphatic rings. The SMILES string of the molecule is C/C=C/[C@@H]1OC2(CCCCC2)O[C@@H]1CO[Si](C)(C)C(C)(C)C. The fraction of sp³-hybridized carbons (Fsp3) is 0.889. The van der Waals surface area contributed by atoms with E-state index in [2.05, 4.69) is 46.0 Å².